The van der Waals surface area contributed by atoms with E-state index in [9.17, 15) is 0 Å². The molecule has 0 fully saturated rings. The summed E-state index contributed by atoms with van der Waals surface area (Å²) in [5, 5.41) is 0. The monoisotopic (exact) mass is 673 g/mol. The van der Waals surface area contributed by atoms with Crippen LogP contribution < -0.4 is 9.80 Å². The van der Waals surface area contributed by atoms with Crippen LogP contribution in [0.25, 0.3) is 11.1 Å². The molecule has 0 saturated heterocycles. The molecule has 7 rings (SSSR count). The van der Waals surface area contributed by atoms with E-state index in [0.29, 0.717) is 0 Å². The zero-order valence-electron chi connectivity index (χ0n) is 21.2. The smallest absolute Gasteiger partial charge is 0.510 e. The Morgan fingerprint density at radius 1 is 0.553 bits per heavy atom. The molecule has 0 radical (unpaired) electrons. The van der Waals surface area contributed by atoms with E-state index in [1.54, 1.807) is 0 Å². The molecule has 188 valence electrons. The van der Waals surface area contributed by atoms with Crippen LogP contribution in [-0.4, -0.2) is 23.9 Å². The first-order valence-corrected chi connectivity index (χ1v) is 12.5. The molecule has 0 aromatic heterocycles. The molecule has 0 unspecified atom stereocenters. The van der Waals surface area contributed by atoms with E-state index >= 15 is 0 Å². The van der Waals surface area contributed by atoms with E-state index in [0.717, 1.165) is 22.5 Å². The van der Waals surface area contributed by atoms with Gasteiger partial charge in [0.05, 0.1) is 0 Å². The third kappa shape index (κ3) is 3.70. The van der Waals surface area contributed by atoms with Gasteiger partial charge in [-0.3, -0.25) is 0 Å². The summed E-state index contributed by atoms with van der Waals surface area (Å²) in [5.41, 5.74) is 8.70. The van der Waals surface area contributed by atoms with Crippen molar-refractivity contribution in [2.45, 2.75) is 5.41 Å². The summed E-state index contributed by atoms with van der Waals surface area (Å²) in [4.78, 5) is 8.32. The fourth-order valence-corrected chi connectivity index (χ4v) is 5.80. The SMILES string of the molecule is CN1C=CN(c2[c-]c(C3(c4[c-]c(N5C=CN(C)[CH-]5)ccc4)c4ccccc4-c4ccccc43)ccc2)[CH-]1.[Pt+4]. The first kappa shape index (κ1) is 24.6. The minimum absolute atomic E-state index is 0. The van der Waals surface area contributed by atoms with Crippen molar-refractivity contribution in [2.24, 2.45) is 0 Å². The van der Waals surface area contributed by atoms with Crippen LogP contribution in [-0.2, 0) is 26.5 Å². The Kier molecular flexibility index (Phi) is 6.16. The molecule has 0 bridgehead atoms. The largest absolute Gasteiger partial charge is 4.00 e. The van der Waals surface area contributed by atoms with Crippen LogP contribution in [0.5, 0.6) is 0 Å². The summed E-state index contributed by atoms with van der Waals surface area (Å²) in [6.45, 7) is 4.13. The topological polar surface area (TPSA) is 13.0 Å². The van der Waals surface area contributed by atoms with Crippen LogP contribution >= 0.6 is 0 Å². The van der Waals surface area contributed by atoms with Gasteiger partial charge in [0.1, 0.15) is 0 Å². The van der Waals surface area contributed by atoms with Crippen LogP contribution in [0.15, 0.2) is 110 Å². The average molecular weight is 674 g/mol. The van der Waals surface area contributed by atoms with Gasteiger partial charge >= 0.3 is 21.1 Å². The molecule has 2 heterocycles. The summed E-state index contributed by atoms with van der Waals surface area (Å²) in [6, 6.07) is 38.1. The van der Waals surface area contributed by atoms with Gasteiger partial charge in [0.25, 0.3) is 0 Å². The van der Waals surface area contributed by atoms with Gasteiger partial charge in [0, 0.05) is 5.41 Å². The molecule has 0 spiro atoms. The molecule has 0 amide bonds. The molecule has 4 aromatic rings. The van der Waals surface area contributed by atoms with E-state index in [4.69, 9.17) is 0 Å². The molecule has 1 aliphatic carbocycles. The Hall–Kier alpha value is -3.75. The predicted octanol–water partition coefficient (Wildman–Crippen LogP) is 6.33. The molecule has 5 heteroatoms. The fraction of sp³-hybridized carbons (Fsp3) is 0.0909. The van der Waals surface area contributed by atoms with Crippen molar-refractivity contribution in [1.29, 1.82) is 0 Å². The third-order valence-corrected chi connectivity index (χ3v) is 7.41. The Balaban J connectivity index is 0.00000264. The molecule has 2 aliphatic heterocycles. The van der Waals surface area contributed by atoms with Gasteiger partial charge in [0.2, 0.25) is 0 Å². The van der Waals surface area contributed by atoms with Gasteiger partial charge in [-0.1, -0.05) is 48.5 Å². The first-order chi connectivity index (χ1) is 18.1. The van der Waals surface area contributed by atoms with Crippen LogP contribution in [0, 0.1) is 25.5 Å². The van der Waals surface area contributed by atoms with Gasteiger partial charge in [0.15, 0.2) is 0 Å². The summed E-state index contributed by atoms with van der Waals surface area (Å²) in [6.07, 6.45) is 8.23. The molecule has 0 saturated carbocycles. The molecule has 4 aromatic carbocycles. The van der Waals surface area contributed by atoms with E-state index in [-0.39, 0.29) is 21.1 Å². The van der Waals surface area contributed by atoms with Crippen molar-refractivity contribution >= 4 is 11.4 Å². The normalized spacial score (nSPS) is 16.6. The van der Waals surface area contributed by atoms with E-state index in [2.05, 4.69) is 133 Å². The van der Waals surface area contributed by atoms with Gasteiger partial charge in [-0.2, -0.15) is 61.9 Å². The Morgan fingerprint density at radius 3 is 1.42 bits per heavy atom. The zero-order valence-corrected chi connectivity index (χ0v) is 23.4. The summed E-state index contributed by atoms with van der Waals surface area (Å²) in [7, 11) is 4.07. The number of nitrogens with zero attached hydrogens (tertiary/aromatic N) is 4. The Bertz CT molecular complexity index is 1440. The third-order valence-electron chi connectivity index (χ3n) is 7.41. The van der Waals surface area contributed by atoms with Crippen LogP contribution in [0.3, 0.4) is 0 Å². The number of hydrogen-bond acceptors (Lipinski definition) is 4. The van der Waals surface area contributed by atoms with Crippen molar-refractivity contribution in [3.63, 3.8) is 0 Å². The molecular formula is C33H26N4Pt. The van der Waals surface area contributed by atoms with Crippen molar-refractivity contribution in [2.75, 3.05) is 23.9 Å². The molecule has 0 atom stereocenters. The Morgan fingerprint density at radius 2 is 1.00 bits per heavy atom. The molecule has 3 aliphatic rings. The average Bonchev–Trinajstić information content (AvgIpc) is 3.65. The van der Waals surface area contributed by atoms with Crippen LogP contribution in [0.4, 0.5) is 11.4 Å². The van der Waals surface area contributed by atoms with E-state index in [1.807, 2.05) is 36.3 Å². The fourth-order valence-electron chi connectivity index (χ4n) is 5.80. The maximum atomic E-state index is 3.82. The number of fused-ring (bicyclic) bond motifs is 3. The molecule has 38 heavy (non-hydrogen) atoms. The second-order valence-corrected chi connectivity index (χ2v) is 9.71. The summed E-state index contributed by atoms with van der Waals surface area (Å²) >= 11 is 0. The number of anilines is 2. The maximum Gasteiger partial charge on any atom is 4.00 e. The van der Waals surface area contributed by atoms with Gasteiger partial charge in [-0.05, 0) is 61.1 Å². The number of hydrogen-bond donors (Lipinski definition) is 0. The van der Waals surface area contributed by atoms with Crippen LogP contribution in [0.2, 0.25) is 0 Å². The summed E-state index contributed by atoms with van der Waals surface area (Å²) < 4.78 is 0. The van der Waals surface area contributed by atoms with Crippen molar-refractivity contribution in [3.8, 4) is 11.1 Å². The minimum Gasteiger partial charge on any atom is -0.510 e. The van der Waals surface area contributed by atoms with Gasteiger partial charge in [-0.15, -0.1) is 22.5 Å². The standard InChI is InChI=1S/C33H26N4.Pt/c1-34-17-19-36(23-34)27-11-7-9-25(21-27)33(26-10-8-12-28(22-26)37-20-18-35(2)24-37)31-15-5-3-13-29(31)30-14-4-6-16-32(30)33;/h3-20,23-24H,1-2H3;/q-4;+4. The van der Waals surface area contributed by atoms with Crippen molar-refractivity contribution in [1.82, 2.24) is 9.80 Å². The van der Waals surface area contributed by atoms with E-state index < -0.39 is 5.41 Å². The zero-order chi connectivity index (χ0) is 25.0. The minimum atomic E-state index is -0.552. The van der Waals surface area contributed by atoms with Crippen LogP contribution in [0.1, 0.15) is 22.3 Å². The van der Waals surface area contributed by atoms with Gasteiger partial charge < -0.3 is 19.6 Å². The molecule has 0 N–H and O–H groups in total. The predicted molar refractivity (Wildman–Crippen MR) is 149 cm³/mol. The summed E-state index contributed by atoms with van der Waals surface area (Å²) in [5.74, 6) is 0. The first-order valence-electron chi connectivity index (χ1n) is 12.5. The van der Waals surface area contributed by atoms with Gasteiger partial charge in [-0.25, -0.2) is 0 Å². The van der Waals surface area contributed by atoms with E-state index in [1.165, 1.54) is 22.3 Å². The second kappa shape index (κ2) is 9.53. The Labute approximate surface area is 239 Å². The van der Waals surface area contributed by atoms with Crippen molar-refractivity contribution < 1.29 is 21.1 Å². The number of benzene rings is 4. The number of rotatable bonds is 4. The molecule has 4 nitrogen and oxygen atoms in total. The second-order valence-electron chi connectivity index (χ2n) is 9.71. The quantitative estimate of drug-likeness (QED) is 0.207. The van der Waals surface area contributed by atoms with Crippen molar-refractivity contribution in [3.05, 3.63) is 157 Å². The molecular weight excluding hydrogens is 647 g/mol. The maximum absolute atomic E-state index is 3.82.